The molecule has 2 aromatic rings. The fourth-order valence-electron chi connectivity index (χ4n) is 3.10. The number of esters is 1. The lowest BCUT2D eigenvalue weighted by atomic mass is 9.89. The summed E-state index contributed by atoms with van der Waals surface area (Å²) in [5, 5.41) is 0.702. The monoisotopic (exact) mass is 348 g/mol. The predicted molar refractivity (Wildman–Crippen MR) is 95.6 cm³/mol. The van der Waals surface area contributed by atoms with Crippen molar-refractivity contribution in [3.63, 3.8) is 0 Å². The van der Waals surface area contributed by atoms with Crippen LogP contribution < -0.4 is 5.56 Å². The summed E-state index contributed by atoms with van der Waals surface area (Å²) in [6.45, 7) is 8.26. The van der Waals surface area contributed by atoms with Gasteiger partial charge in [0.1, 0.15) is 10.9 Å². The van der Waals surface area contributed by atoms with E-state index >= 15 is 0 Å². The lowest BCUT2D eigenvalue weighted by molar-refractivity contribution is -0.148. The fraction of sp³-hybridized carbons (Fsp3) is 0.611. The average Bonchev–Trinajstić information content (AvgIpc) is 2.90. The molecule has 130 valence electrons. The van der Waals surface area contributed by atoms with Crippen molar-refractivity contribution in [1.82, 2.24) is 9.55 Å². The highest BCUT2D eigenvalue weighted by Crippen LogP contribution is 2.35. The van der Waals surface area contributed by atoms with Gasteiger partial charge >= 0.3 is 5.97 Å². The molecule has 2 heterocycles. The number of nitrogens with zero attached hydrogens (tertiary/aromatic N) is 2. The zero-order valence-corrected chi connectivity index (χ0v) is 15.5. The number of thiophene rings is 1. The molecule has 2 atom stereocenters. The van der Waals surface area contributed by atoms with E-state index in [4.69, 9.17) is 4.74 Å². The van der Waals surface area contributed by atoms with E-state index in [2.05, 4.69) is 11.9 Å². The quantitative estimate of drug-likeness (QED) is 0.795. The molecule has 0 radical (unpaired) electrons. The first-order chi connectivity index (χ1) is 11.4. The van der Waals surface area contributed by atoms with Crippen LogP contribution in [0.5, 0.6) is 0 Å². The molecule has 6 heteroatoms. The minimum absolute atomic E-state index is 0.124. The van der Waals surface area contributed by atoms with Crippen LogP contribution in [-0.2, 0) is 22.4 Å². The summed E-state index contributed by atoms with van der Waals surface area (Å²) in [6.07, 6.45) is 4.52. The molecule has 24 heavy (non-hydrogen) atoms. The third-order valence-corrected chi connectivity index (χ3v) is 5.72. The van der Waals surface area contributed by atoms with E-state index in [1.165, 1.54) is 15.8 Å². The topological polar surface area (TPSA) is 61.2 Å². The first kappa shape index (κ1) is 17.1. The van der Waals surface area contributed by atoms with Crippen molar-refractivity contribution in [2.24, 2.45) is 11.8 Å². The highest BCUT2D eigenvalue weighted by Gasteiger charge is 2.25. The van der Waals surface area contributed by atoms with E-state index in [-0.39, 0.29) is 17.4 Å². The Bertz CT molecular complexity index is 822. The van der Waals surface area contributed by atoms with Gasteiger partial charge in [-0.25, -0.2) is 9.78 Å². The summed E-state index contributed by atoms with van der Waals surface area (Å²) < 4.78 is 6.68. The van der Waals surface area contributed by atoms with Gasteiger partial charge in [0, 0.05) is 4.88 Å². The number of fused-ring (bicyclic) bond motifs is 3. The van der Waals surface area contributed by atoms with E-state index in [1.54, 1.807) is 18.3 Å². The summed E-state index contributed by atoms with van der Waals surface area (Å²) in [5.41, 5.74) is 1.02. The molecule has 3 rings (SSSR count). The first-order valence-corrected chi connectivity index (χ1v) is 9.38. The molecule has 0 saturated carbocycles. The maximum atomic E-state index is 12.9. The van der Waals surface area contributed by atoms with Crippen molar-refractivity contribution in [2.75, 3.05) is 6.61 Å². The van der Waals surface area contributed by atoms with E-state index in [1.807, 2.05) is 13.8 Å². The van der Waals surface area contributed by atoms with E-state index in [9.17, 15) is 9.59 Å². The Balaban J connectivity index is 1.97. The summed E-state index contributed by atoms with van der Waals surface area (Å²) in [4.78, 5) is 31.7. The Hall–Kier alpha value is -1.69. The van der Waals surface area contributed by atoms with Crippen LogP contribution in [0.4, 0.5) is 0 Å². The summed E-state index contributed by atoms with van der Waals surface area (Å²) in [6, 6.07) is -0.661. The minimum Gasteiger partial charge on any atom is -0.464 e. The van der Waals surface area contributed by atoms with Gasteiger partial charge in [-0.3, -0.25) is 9.36 Å². The second-order valence-electron chi connectivity index (χ2n) is 7.19. The molecule has 0 aliphatic heterocycles. The zero-order chi connectivity index (χ0) is 17.4. The van der Waals surface area contributed by atoms with Crippen LogP contribution in [0.2, 0.25) is 0 Å². The SMILES string of the molecule is CC(C)COC(=O)[C@H](C)n1cnc2sc3c(c2c1=O)CC[C@@H](C)C3. The van der Waals surface area contributed by atoms with Gasteiger partial charge < -0.3 is 4.74 Å². The van der Waals surface area contributed by atoms with Gasteiger partial charge in [-0.1, -0.05) is 20.8 Å². The number of carbonyl (C=O) groups excluding carboxylic acids is 1. The third-order valence-electron chi connectivity index (χ3n) is 4.56. The molecule has 0 spiro atoms. The fourth-order valence-corrected chi connectivity index (χ4v) is 4.44. The predicted octanol–water partition coefficient (Wildman–Crippen LogP) is 3.34. The lowest BCUT2D eigenvalue weighted by Crippen LogP contribution is -2.30. The molecular weight excluding hydrogens is 324 g/mol. The molecule has 1 aliphatic carbocycles. The normalized spacial score (nSPS) is 18.6. The molecule has 5 nitrogen and oxygen atoms in total. The van der Waals surface area contributed by atoms with Gasteiger partial charge in [0.2, 0.25) is 0 Å². The molecule has 0 N–H and O–H groups in total. The van der Waals surface area contributed by atoms with Crippen molar-refractivity contribution in [2.45, 2.75) is 53.0 Å². The van der Waals surface area contributed by atoms with Crippen LogP contribution >= 0.6 is 11.3 Å². The van der Waals surface area contributed by atoms with Gasteiger partial charge in [0.15, 0.2) is 0 Å². The van der Waals surface area contributed by atoms with E-state index < -0.39 is 6.04 Å². The maximum Gasteiger partial charge on any atom is 0.329 e. The molecule has 2 aromatic heterocycles. The van der Waals surface area contributed by atoms with Crippen molar-refractivity contribution in [3.8, 4) is 0 Å². The Morgan fingerprint density at radius 2 is 2.21 bits per heavy atom. The van der Waals surface area contributed by atoms with Crippen LogP contribution in [0.25, 0.3) is 10.2 Å². The Labute approximate surface area is 145 Å². The molecule has 0 amide bonds. The molecule has 0 aromatic carbocycles. The van der Waals surface area contributed by atoms with Crippen LogP contribution in [-0.4, -0.2) is 22.1 Å². The van der Waals surface area contributed by atoms with Gasteiger partial charge in [0.05, 0.1) is 18.3 Å². The number of rotatable bonds is 4. The molecule has 0 fully saturated rings. The number of aryl methyl sites for hydroxylation is 1. The van der Waals surface area contributed by atoms with Gasteiger partial charge in [-0.15, -0.1) is 11.3 Å². The van der Waals surface area contributed by atoms with Crippen molar-refractivity contribution in [1.29, 1.82) is 0 Å². The second-order valence-corrected chi connectivity index (χ2v) is 8.27. The largest absolute Gasteiger partial charge is 0.464 e. The number of hydrogen-bond acceptors (Lipinski definition) is 5. The Morgan fingerprint density at radius 1 is 1.46 bits per heavy atom. The summed E-state index contributed by atoms with van der Waals surface area (Å²) in [7, 11) is 0. The van der Waals surface area contributed by atoms with Crippen LogP contribution in [0.15, 0.2) is 11.1 Å². The summed E-state index contributed by atoms with van der Waals surface area (Å²) in [5.74, 6) is 0.534. The maximum absolute atomic E-state index is 12.9. The number of aromatic nitrogens is 2. The Kier molecular flexibility index (Phi) is 4.76. The first-order valence-electron chi connectivity index (χ1n) is 8.56. The van der Waals surface area contributed by atoms with E-state index in [0.29, 0.717) is 17.9 Å². The van der Waals surface area contributed by atoms with Crippen molar-refractivity contribution >= 4 is 27.5 Å². The molecule has 0 bridgehead atoms. The smallest absolute Gasteiger partial charge is 0.329 e. The van der Waals surface area contributed by atoms with E-state index in [0.717, 1.165) is 29.7 Å². The number of ether oxygens (including phenoxy) is 1. The van der Waals surface area contributed by atoms with Crippen molar-refractivity contribution < 1.29 is 9.53 Å². The van der Waals surface area contributed by atoms with Gasteiger partial charge in [-0.2, -0.15) is 0 Å². The summed E-state index contributed by atoms with van der Waals surface area (Å²) >= 11 is 1.62. The second kappa shape index (κ2) is 6.67. The lowest BCUT2D eigenvalue weighted by Gasteiger charge is -2.18. The zero-order valence-electron chi connectivity index (χ0n) is 14.7. The molecule has 0 unspecified atom stereocenters. The van der Waals surface area contributed by atoms with Crippen LogP contribution in [0.1, 0.15) is 50.6 Å². The standard InChI is InChI=1S/C18H24N2O3S/c1-10(2)8-23-18(22)12(4)20-9-19-16-15(17(20)21)13-6-5-11(3)7-14(13)24-16/h9-12H,5-8H2,1-4H3/t11-,12+/m1/s1. The van der Waals surface area contributed by atoms with Crippen LogP contribution in [0.3, 0.4) is 0 Å². The highest BCUT2D eigenvalue weighted by atomic mass is 32.1. The van der Waals surface area contributed by atoms with Crippen LogP contribution in [0, 0.1) is 11.8 Å². The molecule has 0 saturated heterocycles. The molecule has 1 aliphatic rings. The number of hydrogen-bond donors (Lipinski definition) is 0. The van der Waals surface area contributed by atoms with Crippen molar-refractivity contribution in [3.05, 3.63) is 27.1 Å². The number of carbonyl (C=O) groups is 1. The highest BCUT2D eigenvalue weighted by molar-refractivity contribution is 7.18. The average molecular weight is 348 g/mol. The van der Waals surface area contributed by atoms with Gasteiger partial charge in [-0.05, 0) is 43.6 Å². The minimum atomic E-state index is -0.661. The molecular formula is C18H24N2O3S. The Morgan fingerprint density at radius 3 is 2.92 bits per heavy atom. The van der Waals surface area contributed by atoms with Gasteiger partial charge in [0.25, 0.3) is 5.56 Å². The third kappa shape index (κ3) is 3.11.